The van der Waals surface area contributed by atoms with Crippen LogP contribution in [0.1, 0.15) is 5.56 Å². The van der Waals surface area contributed by atoms with Crippen molar-refractivity contribution >= 4 is 28.9 Å². The van der Waals surface area contributed by atoms with Gasteiger partial charge in [0.2, 0.25) is 0 Å². The predicted molar refractivity (Wildman–Crippen MR) is 72.2 cm³/mol. The van der Waals surface area contributed by atoms with Crippen molar-refractivity contribution in [3.8, 4) is 11.5 Å². The monoisotopic (exact) mass is 298 g/mol. The molecule has 0 fully saturated rings. The molecule has 98 valence electrons. The Morgan fingerprint density at radius 1 is 1.26 bits per heavy atom. The van der Waals surface area contributed by atoms with E-state index >= 15 is 0 Å². The predicted octanol–water partition coefficient (Wildman–Crippen LogP) is 4.40. The molecule has 0 aliphatic rings. The zero-order valence-electron chi connectivity index (χ0n) is 9.76. The van der Waals surface area contributed by atoms with Crippen LogP contribution in [0.5, 0.6) is 11.5 Å². The summed E-state index contributed by atoms with van der Waals surface area (Å²) in [6.45, 7) is 1.80. The first-order valence-electron chi connectivity index (χ1n) is 5.21. The molecule has 0 spiro atoms. The molecule has 0 amide bonds. The lowest BCUT2D eigenvalue weighted by atomic mass is 10.3. The van der Waals surface area contributed by atoms with Crippen molar-refractivity contribution in [2.75, 3.05) is 0 Å². The molecule has 0 atom stereocenters. The number of hydrogen-bond donors (Lipinski definition) is 0. The molecule has 0 saturated carbocycles. The van der Waals surface area contributed by atoms with E-state index < -0.39 is 4.92 Å². The van der Waals surface area contributed by atoms with E-state index in [2.05, 4.69) is 4.98 Å². The van der Waals surface area contributed by atoms with Crippen LogP contribution in [0.2, 0.25) is 10.2 Å². The fourth-order valence-corrected chi connectivity index (χ4v) is 1.76. The van der Waals surface area contributed by atoms with Gasteiger partial charge in [0.25, 0.3) is 5.69 Å². The van der Waals surface area contributed by atoms with Gasteiger partial charge in [0.15, 0.2) is 0 Å². The number of nitrogens with zero attached hydrogens (tertiary/aromatic N) is 2. The number of aromatic nitrogens is 1. The third kappa shape index (κ3) is 3.13. The topological polar surface area (TPSA) is 65.3 Å². The number of non-ortho nitro benzene ring substituents is 1. The zero-order valence-corrected chi connectivity index (χ0v) is 11.3. The number of aryl methyl sites for hydroxylation is 1. The highest BCUT2D eigenvalue weighted by molar-refractivity contribution is 6.32. The molecule has 5 nitrogen and oxygen atoms in total. The van der Waals surface area contributed by atoms with E-state index in [9.17, 15) is 10.1 Å². The Morgan fingerprint density at radius 3 is 2.63 bits per heavy atom. The summed E-state index contributed by atoms with van der Waals surface area (Å²) in [5.74, 6) is 0.813. The minimum atomic E-state index is -0.524. The van der Waals surface area contributed by atoms with Crippen LogP contribution in [0.25, 0.3) is 0 Å². The highest BCUT2D eigenvalue weighted by Gasteiger charge is 2.12. The van der Waals surface area contributed by atoms with Crippen LogP contribution >= 0.6 is 23.2 Å². The van der Waals surface area contributed by atoms with Gasteiger partial charge >= 0.3 is 0 Å². The molecule has 0 aliphatic carbocycles. The lowest BCUT2D eigenvalue weighted by molar-refractivity contribution is -0.384. The second-order valence-electron chi connectivity index (χ2n) is 3.75. The van der Waals surface area contributed by atoms with Gasteiger partial charge in [-0.1, -0.05) is 23.2 Å². The Morgan fingerprint density at radius 2 is 2.00 bits per heavy atom. The average molecular weight is 299 g/mol. The van der Waals surface area contributed by atoms with E-state index in [4.69, 9.17) is 27.9 Å². The molecule has 7 heteroatoms. The van der Waals surface area contributed by atoms with Gasteiger partial charge in [-0.25, -0.2) is 4.98 Å². The van der Waals surface area contributed by atoms with Crippen molar-refractivity contribution < 1.29 is 9.66 Å². The summed E-state index contributed by atoms with van der Waals surface area (Å²) in [6.07, 6.45) is 1.57. The molecule has 0 saturated heterocycles. The second-order valence-corrected chi connectivity index (χ2v) is 4.54. The van der Waals surface area contributed by atoms with Gasteiger partial charge in [-0.2, -0.15) is 0 Å². The molecule has 0 aliphatic heterocycles. The Hall–Kier alpha value is -1.85. The molecule has 2 rings (SSSR count). The molecular weight excluding hydrogens is 291 g/mol. The molecule has 0 N–H and O–H groups in total. The molecular formula is C12H8Cl2N2O3. The van der Waals surface area contributed by atoms with E-state index in [1.165, 1.54) is 18.2 Å². The SMILES string of the molecule is Cc1cnc(Cl)cc1Oc1ccc([N+](=O)[O-])cc1Cl. The largest absolute Gasteiger partial charge is 0.455 e. The third-order valence-corrected chi connectivity index (χ3v) is 2.87. The van der Waals surface area contributed by atoms with E-state index in [1.807, 2.05) is 0 Å². The van der Waals surface area contributed by atoms with Crippen molar-refractivity contribution in [2.24, 2.45) is 0 Å². The van der Waals surface area contributed by atoms with Gasteiger partial charge in [0, 0.05) is 30.0 Å². The number of ether oxygens (including phenoxy) is 1. The Kier molecular flexibility index (Phi) is 3.87. The van der Waals surface area contributed by atoms with Crippen molar-refractivity contribution in [3.63, 3.8) is 0 Å². The first kappa shape index (κ1) is 13.6. The smallest absolute Gasteiger partial charge is 0.271 e. The number of rotatable bonds is 3. The Bertz CT molecular complexity index is 647. The minimum absolute atomic E-state index is 0.0955. The lowest BCUT2D eigenvalue weighted by Gasteiger charge is -2.09. The standard InChI is InChI=1S/C12H8Cl2N2O3/c1-7-6-15-12(14)5-11(7)19-10-3-2-8(16(17)18)4-9(10)13/h2-6H,1H3. The maximum absolute atomic E-state index is 10.6. The van der Waals surface area contributed by atoms with Crippen LogP contribution in [-0.4, -0.2) is 9.91 Å². The molecule has 1 aromatic carbocycles. The maximum Gasteiger partial charge on any atom is 0.271 e. The van der Waals surface area contributed by atoms with Gasteiger partial charge in [0.1, 0.15) is 16.7 Å². The number of nitro benzene ring substituents is 1. The summed E-state index contributed by atoms with van der Waals surface area (Å²) >= 11 is 11.7. The van der Waals surface area contributed by atoms with Crippen molar-refractivity contribution in [1.29, 1.82) is 0 Å². The molecule has 0 unspecified atom stereocenters. The number of hydrogen-bond acceptors (Lipinski definition) is 4. The Balaban J connectivity index is 2.33. The summed E-state index contributed by atoms with van der Waals surface area (Å²) in [5, 5.41) is 11.0. The fraction of sp³-hybridized carbons (Fsp3) is 0.0833. The fourth-order valence-electron chi connectivity index (χ4n) is 1.40. The highest BCUT2D eigenvalue weighted by atomic mass is 35.5. The second kappa shape index (κ2) is 5.42. The van der Waals surface area contributed by atoms with Crippen LogP contribution in [0.3, 0.4) is 0 Å². The summed E-state index contributed by atoms with van der Waals surface area (Å²) < 4.78 is 5.58. The van der Waals surface area contributed by atoms with Crippen molar-refractivity contribution in [2.45, 2.75) is 6.92 Å². The summed E-state index contributed by atoms with van der Waals surface area (Å²) in [4.78, 5) is 14.0. The van der Waals surface area contributed by atoms with Crippen molar-refractivity contribution in [3.05, 3.63) is 56.3 Å². The van der Waals surface area contributed by atoms with Gasteiger partial charge in [0.05, 0.1) is 9.95 Å². The van der Waals surface area contributed by atoms with E-state index in [1.54, 1.807) is 19.2 Å². The summed E-state index contributed by atoms with van der Waals surface area (Å²) in [7, 11) is 0. The van der Waals surface area contributed by atoms with Crippen LogP contribution < -0.4 is 4.74 Å². The maximum atomic E-state index is 10.6. The van der Waals surface area contributed by atoms with E-state index in [0.717, 1.165) is 5.56 Å². The minimum Gasteiger partial charge on any atom is -0.455 e. The van der Waals surface area contributed by atoms with Gasteiger partial charge in [-0.3, -0.25) is 10.1 Å². The van der Waals surface area contributed by atoms with Gasteiger partial charge in [-0.05, 0) is 13.0 Å². The number of pyridine rings is 1. The molecule has 0 bridgehead atoms. The van der Waals surface area contributed by atoms with Crippen LogP contribution in [0.15, 0.2) is 30.5 Å². The number of benzene rings is 1. The quantitative estimate of drug-likeness (QED) is 0.478. The summed E-state index contributed by atoms with van der Waals surface area (Å²) in [6, 6.07) is 5.54. The lowest BCUT2D eigenvalue weighted by Crippen LogP contribution is -1.92. The first-order valence-corrected chi connectivity index (χ1v) is 5.97. The normalized spacial score (nSPS) is 10.3. The van der Waals surface area contributed by atoms with Gasteiger partial charge < -0.3 is 4.74 Å². The molecule has 19 heavy (non-hydrogen) atoms. The third-order valence-electron chi connectivity index (χ3n) is 2.37. The number of nitro groups is 1. The Labute approximate surface area is 118 Å². The van der Waals surface area contributed by atoms with Gasteiger partial charge in [-0.15, -0.1) is 0 Å². The molecule has 1 aromatic heterocycles. The van der Waals surface area contributed by atoms with Crippen molar-refractivity contribution in [1.82, 2.24) is 4.98 Å². The number of halogens is 2. The first-order chi connectivity index (χ1) is 8.97. The molecule has 0 radical (unpaired) electrons. The average Bonchev–Trinajstić information content (AvgIpc) is 2.36. The summed E-state index contributed by atoms with van der Waals surface area (Å²) in [5.41, 5.74) is 0.681. The molecule has 1 heterocycles. The van der Waals surface area contributed by atoms with E-state index in [-0.39, 0.29) is 10.7 Å². The van der Waals surface area contributed by atoms with Crippen LogP contribution in [0.4, 0.5) is 5.69 Å². The molecule has 2 aromatic rings. The van der Waals surface area contributed by atoms with Crippen LogP contribution in [0, 0.1) is 17.0 Å². The van der Waals surface area contributed by atoms with E-state index in [0.29, 0.717) is 16.7 Å². The zero-order chi connectivity index (χ0) is 14.0. The highest BCUT2D eigenvalue weighted by Crippen LogP contribution is 2.34. The van der Waals surface area contributed by atoms with Crippen LogP contribution in [-0.2, 0) is 0 Å².